The lowest BCUT2D eigenvalue weighted by Crippen LogP contribution is -2.38. The van der Waals surface area contributed by atoms with Crippen LogP contribution in [0.4, 0.5) is 0 Å². The van der Waals surface area contributed by atoms with E-state index in [1.807, 2.05) is 12.3 Å². The first-order valence-corrected chi connectivity index (χ1v) is 7.72. The molecule has 0 spiro atoms. The largest absolute Gasteiger partial charge is 0.370 e. The molecule has 0 bridgehead atoms. The number of nitrogens with zero attached hydrogens (tertiary/aromatic N) is 2. The number of hydrogen-bond acceptors (Lipinski definition) is 2. The van der Waals surface area contributed by atoms with E-state index < -0.39 is 0 Å². The van der Waals surface area contributed by atoms with Crippen LogP contribution in [0, 0.1) is 0 Å². The van der Waals surface area contributed by atoms with Gasteiger partial charge in [-0.25, -0.2) is 0 Å². The number of rotatable bonds is 4. The number of para-hydroxylation sites is 1. The molecule has 0 radical (unpaired) electrons. The summed E-state index contributed by atoms with van der Waals surface area (Å²) in [5.41, 5.74) is 8.25. The molecule has 1 aromatic heterocycles. The van der Waals surface area contributed by atoms with Gasteiger partial charge in [0.05, 0.1) is 5.52 Å². The van der Waals surface area contributed by atoms with Gasteiger partial charge < -0.3 is 11.1 Å². The lowest BCUT2D eigenvalue weighted by molar-refractivity contribution is 0.625. The predicted molar refractivity (Wildman–Crippen MR) is 87.3 cm³/mol. The van der Waals surface area contributed by atoms with E-state index in [0.717, 1.165) is 11.9 Å². The standard InChI is InChI=1S/C17H22N4/c18-17(21-15-8-1-2-9-15)20-12-10-14-6-3-5-13-7-4-11-19-16(13)14/h3-7,11,15H,1-2,8-10,12H2,(H3,18,20,21). The fourth-order valence-corrected chi connectivity index (χ4v) is 2.99. The Balaban J connectivity index is 1.61. The van der Waals surface area contributed by atoms with Crippen molar-refractivity contribution < 1.29 is 0 Å². The van der Waals surface area contributed by atoms with E-state index in [1.54, 1.807) is 0 Å². The highest BCUT2D eigenvalue weighted by Crippen LogP contribution is 2.18. The number of benzene rings is 1. The molecule has 1 aliphatic carbocycles. The smallest absolute Gasteiger partial charge is 0.188 e. The van der Waals surface area contributed by atoms with Gasteiger partial charge in [-0.1, -0.05) is 37.1 Å². The maximum absolute atomic E-state index is 5.95. The molecule has 110 valence electrons. The number of nitrogens with one attached hydrogen (secondary N) is 1. The minimum absolute atomic E-state index is 0.521. The topological polar surface area (TPSA) is 63.3 Å². The zero-order valence-corrected chi connectivity index (χ0v) is 12.3. The van der Waals surface area contributed by atoms with Crippen molar-refractivity contribution in [3.63, 3.8) is 0 Å². The number of aliphatic imine (C=N–C) groups is 1. The second kappa shape index (κ2) is 6.57. The van der Waals surface area contributed by atoms with Crippen molar-refractivity contribution in [2.24, 2.45) is 10.7 Å². The first kappa shape index (κ1) is 13.9. The van der Waals surface area contributed by atoms with E-state index in [4.69, 9.17) is 5.73 Å². The third-order valence-corrected chi connectivity index (χ3v) is 4.09. The monoisotopic (exact) mass is 282 g/mol. The molecule has 1 fully saturated rings. The summed E-state index contributed by atoms with van der Waals surface area (Å²) in [7, 11) is 0. The molecule has 0 amide bonds. The highest BCUT2D eigenvalue weighted by atomic mass is 15.1. The number of fused-ring (bicyclic) bond motifs is 1. The van der Waals surface area contributed by atoms with Gasteiger partial charge in [-0.15, -0.1) is 0 Å². The van der Waals surface area contributed by atoms with Gasteiger partial charge in [0.15, 0.2) is 5.96 Å². The summed E-state index contributed by atoms with van der Waals surface area (Å²) in [6, 6.07) is 10.9. The third kappa shape index (κ3) is 3.51. The first-order valence-electron chi connectivity index (χ1n) is 7.72. The van der Waals surface area contributed by atoms with E-state index in [-0.39, 0.29) is 0 Å². The summed E-state index contributed by atoms with van der Waals surface area (Å²) < 4.78 is 0. The SMILES string of the molecule is NC(=NCCc1cccc2cccnc12)NC1CCCC1. The maximum atomic E-state index is 5.95. The molecule has 0 unspecified atom stereocenters. The van der Waals surface area contributed by atoms with E-state index in [2.05, 4.69) is 39.6 Å². The van der Waals surface area contributed by atoms with Crippen LogP contribution in [0.2, 0.25) is 0 Å². The van der Waals surface area contributed by atoms with Gasteiger partial charge in [0.25, 0.3) is 0 Å². The lowest BCUT2D eigenvalue weighted by atomic mass is 10.1. The van der Waals surface area contributed by atoms with Crippen LogP contribution in [0.1, 0.15) is 31.2 Å². The van der Waals surface area contributed by atoms with Crippen LogP contribution in [-0.4, -0.2) is 23.5 Å². The van der Waals surface area contributed by atoms with Gasteiger partial charge in [-0.3, -0.25) is 9.98 Å². The van der Waals surface area contributed by atoms with E-state index in [9.17, 15) is 0 Å². The highest BCUT2D eigenvalue weighted by Gasteiger charge is 2.14. The quantitative estimate of drug-likeness (QED) is 0.669. The average Bonchev–Trinajstić information content (AvgIpc) is 3.00. The van der Waals surface area contributed by atoms with Crippen molar-refractivity contribution >= 4 is 16.9 Å². The molecule has 0 saturated heterocycles. The Kier molecular flexibility index (Phi) is 4.34. The van der Waals surface area contributed by atoms with Crippen molar-refractivity contribution in [3.8, 4) is 0 Å². The van der Waals surface area contributed by atoms with Crippen molar-refractivity contribution in [1.82, 2.24) is 10.3 Å². The number of aromatic nitrogens is 1. The first-order chi connectivity index (χ1) is 10.3. The van der Waals surface area contributed by atoms with E-state index in [0.29, 0.717) is 18.5 Å². The number of pyridine rings is 1. The molecule has 0 atom stereocenters. The predicted octanol–water partition coefficient (Wildman–Crippen LogP) is 2.62. The minimum atomic E-state index is 0.521. The molecule has 1 aliphatic rings. The zero-order chi connectivity index (χ0) is 14.5. The van der Waals surface area contributed by atoms with Gasteiger partial charge in [0.1, 0.15) is 0 Å². The zero-order valence-electron chi connectivity index (χ0n) is 12.3. The van der Waals surface area contributed by atoms with Crippen molar-refractivity contribution in [2.75, 3.05) is 6.54 Å². The average molecular weight is 282 g/mol. The summed E-state index contributed by atoms with van der Waals surface area (Å²) in [5, 5.41) is 4.49. The summed E-state index contributed by atoms with van der Waals surface area (Å²) in [5.74, 6) is 0.579. The van der Waals surface area contributed by atoms with Crippen molar-refractivity contribution in [1.29, 1.82) is 0 Å². The van der Waals surface area contributed by atoms with Gasteiger partial charge in [-0.05, 0) is 30.9 Å². The molecule has 3 N–H and O–H groups in total. The van der Waals surface area contributed by atoms with Crippen molar-refractivity contribution in [3.05, 3.63) is 42.1 Å². The second-order valence-corrected chi connectivity index (χ2v) is 5.63. The van der Waals surface area contributed by atoms with Gasteiger partial charge in [0.2, 0.25) is 0 Å². The van der Waals surface area contributed by atoms with E-state index in [1.165, 1.54) is 36.6 Å². The maximum Gasteiger partial charge on any atom is 0.188 e. The molecular weight excluding hydrogens is 260 g/mol. The van der Waals surface area contributed by atoms with Crippen LogP contribution in [0.15, 0.2) is 41.5 Å². The second-order valence-electron chi connectivity index (χ2n) is 5.63. The normalized spacial score (nSPS) is 16.5. The van der Waals surface area contributed by atoms with Gasteiger partial charge in [-0.2, -0.15) is 0 Å². The minimum Gasteiger partial charge on any atom is -0.370 e. The molecule has 3 rings (SSSR count). The summed E-state index contributed by atoms with van der Waals surface area (Å²) in [6.07, 6.45) is 7.72. The number of hydrogen-bond donors (Lipinski definition) is 2. The van der Waals surface area contributed by atoms with Crippen LogP contribution in [0.5, 0.6) is 0 Å². The van der Waals surface area contributed by atoms with Crippen LogP contribution < -0.4 is 11.1 Å². The van der Waals surface area contributed by atoms with Gasteiger partial charge in [0, 0.05) is 24.2 Å². The Labute approximate surface area is 125 Å². The van der Waals surface area contributed by atoms with Gasteiger partial charge >= 0.3 is 0 Å². The Bertz CT molecular complexity index is 624. The van der Waals surface area contributed by atoms with Crippen LogP contribution in [-0.2, 0) is 6.42 Å². The number of guanidine groups is 1. The Morgan fingerprint density at radius 3 is 2.90 bits per heavy atom. The molecule has 1 aromatic carbocycles. The Morgan fingerprint density at radius 2 is 2.05 bits per heavy atom. The van der Waals surface area contributed by atoms with Crippen LogP contribution in [0.3, 0.4) is 0 Å². The molecule has 1 saturated carbocycles. The number of nitrogens with two attached hydrogens (primary N) is 1. The fourth-order valence-electron chi connectivity index (χ4n) is 2.99. The fraction of sp³-hybridized carbons (Fsp3) is 0.412. The molecule has 4 heteroatoms. The van der Waals surface area contributed by atoms with Crippen molar-refractivity contribution in [2.45, 2.75) is 38.1 Å². The molecule has 21 heavy (non-hydrogen) atoms. The Morgan fingerprint density at radius 1 is 1.24 bits per heavy atom. The van der Waals surface area contributed by atoms with E-state index >= 15 is 0 Å². The van der Waals surface area contributed by atoms with Crippen LogP contribution in [0.25, 0.3) is 10.9 Å². The third-order valence-electron chi connectivity index (χ3n) is 4.09. The molecular formula is C17H22N4. The summed E-state index contributed by atoms with van der Waals surface area (Å²) >= 11 is 0. The molecule has 0 aliphatic heterocycles. The molecule has 2 aromatic rings. The van der Waals surface area contributed by atoms with Crippen LogP contribution >= 0.6 is 0 Å². The Hall–Kier alpha value is -2.10. The summed E-state index contributed by atoms with van der Waals surface area (Å²) in [4.78, 5) is 8.91. The molecule has 1 heterocycles. The molecule has 4 nitrogen and oxygen atoms in total. The lowest BCUT2D eigenvalue weighted by Gasteiger charge is -2.12. The highest BCUT2D eigenvalue weighted by molar-refractivity contribution is 5.81. The summed E-state index contributed by atoms with van der Waals surface area (Å²) in [6.45, 7) is 0.696.